The number of phenolic OH excluding ortho intramolecular Hbond substituents is 1. The maximum Gasteiger partial charge on any atom is 0.124 e. The molecule has 0 amide bonds. The number of benzene rings is 1. The fourth-order valence-corrected chi connectivity index (χ4v) is 2.20. The van der Waals surface area contributed by atoms with E-state index in [1.54, 1.807) is 0 Å². The van der Waals surface area contributed by atoms with E-state index in [-0.39, 0.29) is 16.9 Å². The molecule has 0 aliphatic rings. The highest BCUT2D eigenvalue weighted by molar-refractivity contribution is 5.48. The Hall–Kier alpha value is -1.02. The van der Waals surface area contributed by atoms with Crippen LogP contribution in [0, 0.1) is 5.41 Å². The zero-order valence-electron chi connectivity index (χ0n) is 13.5. The van der Waals surface area contributed by atoms with Crippen molar-refractivity contribution >= 4 is 0 Å². The number of hydrogen-bond donors (Lipinski definition) is 2. The van der Waals surface area contributed by atoms with Crippen LogP contribution in [0.4, 0.5) is 0 Å². The normalized spacial score (nSPS) is 14.5. The van der Waals surface area contributed by atoms with Crippen LogP contribution in [0.5, 0.6) is 5.75 Å². The topological polar surface area (TPSA) is 46.2 Å². The molecule has 0 aliphatic carbocycles. The van der Waals surface area contributed by atoms with E-state index in [0.717, 1.165) is 17.5 Å². The van der Waals surface area contributed by atoms with Crippen molar-refractivity contribution < 1.29 is 5.11 Å². The summed E-state index contributed by atoms with van der Waals surface area (Å²) >= 11 is 0. The van der Waals surface area contributed by atoms with Crippen LogP contribution >= 0.6 is 0 Å². The third-order valence-electron chi connectivity index (χ3n) is 3.68. The molecule has 1 rings (SSSR count). The minimum Gasteiger partial charge on any atom is -0.507 e. The summed E-state index contributed by atoms with van der Waals surface area (Å²) in [5, 5.41) is 10.6. The Bertz CT molecular complexity index is 450. The van der Waals surface area contributed by atoms with Gasteiger partial charge in [0.1, 0.15) is 5.75 Å². The standard InChI is InChI=1S/C17H29NO/c1-8-11-9-12(15(18)17(5,6)7)14(19)13(10-11)16(2,3)4/h9-10,15,19H,8,18H2,1-7H3. The zero-order chi connectivity index (χ0) is 15.0. The van der Waals surface area contributed by atoms with Crippen LogP contribution in [0.3, 0.4) is 0 Å². The Balaban J connectivity index is 3.49. The Kier molecular flexibility index (Phi) is 4.36. The summed E-state index contributed by atoms with van der Waals surface area (Å²) in [6, 6.07) is 3.99. The van der Waals surface area contributed by atoms with Gasteiger partial charge < -0.3 is 10.8 Å². The van der Waals surface area contributed by atoms with Crippen molar-refractivity contribution in [2.24, 2.45) is 11.1 Å². The van der Waals surface area contributed by atoms with E-state index in [2.05, 4.69) is 60.6 Å². The van der Waals surface area contributed by atoms with Crippen LogP contribution in [-0.4, -0.2) is 5.11 Å². The van der Waals surface area contributed by atoms with E-state index in [4.69, 9.17) is 5.73 Å². The lowest BCUT2D eigenvalue weighted by Gasteiger charge is -2.31. The van der Waals surface area contributed by atoms with Gasteiger partial charge in [-0.05, 0) is 28.4 Å². The predicted octanol–water partition coefficient (Wildman–Crippen LogP) is 4.30. The van der Waals surface area contributed by atoms with Crippen molar-refractivity contribution in [2.45, 2.75) is 66.3 Å². The van der Waals surface area contributed by atoms with Gasteiger partial charge in [-0.25, -0.2) is 0 Å². The molecule has 0 aromatic heterocycles. The molecule has 2 nitrogen and oxygen atoms in total. The molecule has 0 spiro atoms. The van der Waals surface area contributed by atoms with Crippen LogP contribution in [0.1, 0.15) is 71.2 Å². The van der Waals surface area contributed by atoms with Crippen molar-refractivity contribution in [1.82, 2.24) is 0 Å². The Morgan fingerprint density at radius 1 is 1.11 bits per heavy atom. The van der Waals surface area contributed by atoms with Gasteiger partial charge in [0.25, 0.3) is 0 Å². The Labute approximate surface area is 118 Å². The Morgan fingerprint density at radius 3 is 2.00 bits per heavy atom. The highest BCUT2D eigenvalue weighted by atomic mass is 16.3. The van der Waals surface area contributed by atoms with Crippen LogP contribution < -0.4 is 5.73 Å². The summed E-state index contributed by atoms with van der Waals surface area (Å²) in [4.78, 5) is 0. The van der Waals surface area contributed by atoms with E-state index in [0.29, 0.717) is 5.75 Å². The second kappa shape index (κ2) is 5.16. The molecule has 1 aromatic carbocycles. The fraction of sp³-hybridized carbons (Fsp3) is 0.647. The third kappa shape index (κ3) is 3.50. The smallest absolute Gasteiger partial charge is 0.124 e. The monoisotopic (exact) mass is 263 g/mol. The van der Waals surface area contributed by atoms with Gasteiger partial charge in [-0.1, -0.05) is 60.6 Å². The van der Waals surface area contributed by atoms with Crippen LogP contribution in [0.25, 0.3) is 0 Å². The van der Waals surface area contributed by atoms with Gasteiger partial charge in [0.15, 0.2) is 0 Å². The summed E-state index contributed by atoms with van der Waals surface area (Å²) in [6.45, 7) is 14.8. The summed E-state index contributed by atoms with van der Waals surface area (Å²) in [7, 11) is 0. The molecule has 0 aliphatic heterocycles. The first-order chi connectivity index (χ1) is 8.48. The maximum atomic E-state index is 10.6. The highest BCUT2D eigenvalue weighted by Crippen LogP contribution is 2.41. The number of nitrogens with two attached hydrogens (primary N) is 1. The van der Waals surface area contributed by atoms with Crippen molar-refractivity contribution in [3.63, 3.8) is 0 Å². The van der Waals surface area contributed by atoms with E-state index < -0.39 is 0 Å². The maximum absolute atomic E-state index is 10.6. The molecule has 0 saturated carbocycles. The van der Waals surface area contributed by atoms with Crippen molar-refractivity contribution in [3.05, 3.63) is 28.8 Å². The molecule has 1 unspecified atom stereocenters. The minimum atomic E-state index is -0.167. The summed E-state index contributed by atoms with van der Waals surface area (Å²) in [6.07, 6.45) is 0.952. The van der Waals surface area contributed by atoms with E-state index in [1.807, 2.05) is 0 Å². The third-order valence-corrected chi connectivity index (χ3v) is 3.68. The van der Waals surface area contributed by atoms with Crippen molar-refractivity contribution in [3.8, 4) is 5.75 Å². The summed E-state index contributed by atoms with van der Waals surface area (Å²) < 4.78 is 0. The average Bonchev–Trinajstić information content (AvgIpc) is 2.25. The molecule has 1 aromatic rings. The van der Waals surface area contributed by atoms with Crippen LogP contribution in [-0.2, 0) is 11.8 Å². The molecule has 2 heteroatoms. The van der Waals surface area contributed by atoms with Gasteiger partial charge in [-0.2, -0.15) is 0 Å². The van der Waals surface area contributed by atoms with Gasteiger partial charge in [0.05, 0.1) is 0 Å². The summed E-state index contributed by atoms with van der Waals surface area (Å²) in [5.41, 5.74) is 9.29. The molecular weight excluding hydrogens is 234 g/mol. The first-order valence-corrected chi connectivity index (χ1v) is 7.10. The largest absolute Gasteiger partial charge is 0.507 e. The second-order valence-corrected chi connectivity index (χ2v) is 7.53. The number of aryl methyl sites for hydroxylation is 1. The number of rotatable bonds is 2. The molecule has 0 bridgehead atoms. The zero-order valence-corrected chi connectivity index (χ0v) is 13.5. The first kappa shape index (κ1) is 16.0. The molecule has 0 fully saturated rings. The van der Waals surface area contributed by atoms with Gasteiger partial charge in [0, 0.05) is 11.6 Å². The summed E-state index contributed by atoms with van der Waals surface area (Å²) in [5.74, 6) is 0.368. The quantitative estimate of drug-likeness (QED) is 0.835. The van der Waals surface area contributed by atoms with Crippen LogP contribution in [0.2, 0.25) is 0 Å². The van der Waals surface area contributed by atoms with E-state index >= 15 is 0 Å². The van der Waals surface area contributed by atoms with Gasteiger partial charge in [-0.15, -0.1) is 0 Å². The lowest BCUT2D eigenvalue weighted by molar-refractivity contribution is 0.315. The van der Waals surface area contributed by atoms with Gasteiger partial charge in [-0.3, -0.25) is 0 Å². The van der Waals surface area contributed by atoms with Gasteiger partial charge in [0.2, 0.25) is 0 Å². The first-order valence-electron chi connectivity index (χ1n) is 7.10. The lowest BCUT2D eigenvalue weighted by Crippen LogP contribution is -2.27. The molecule has 0 heterocycles. The van der Waals surface area contributed by atoms with Crippen LogP contribution in [0.15, 0.2) is 12.1 Å². The molecule has 108 valence electrons. The molecule has 0 radical (unpaired) electrons. The molecular formula is C17H29NO. The van der Waals surface area contributed by atoms with Gasteiger partial charge >= 0.3 is 0 Å². The minimum absolute atomic E-state index is 0.0704. The number of phenols is 1. The molecule has 1 atom stereocenters. The SMILES string of the molecule is CCc1cc(C(N)C(C)(C)C)c(O)c(C(C)(C)C)c1. The Morgan fingerprint density at radius 2 is 1.63 bits per heavy atom. The molecule has 3 N–H and O–H groups in total. The van der Waals surface area contributed by atoms with Crippen molar-refractivity contribution in [2.75, 3.05) is 0 Å². The number of aromatic hydroxyl groups is 1. The second-order valence-electron chi connectivity index (χ2n) is 7.53. The van der Waals surface area contributed by atoms with E-state index in [9.17, 15) is 5.11 Å². The molecule has 19 heavy (non-hydrogen) atoms. The highest BCUT2D eigenvalue weighted by Gasteiger charge is 2.28. The van der Waals surface area contributed by atoms with E-state index in [1.165, 1.54) is 5.56 Å². The lowest BCUT2D eigenvalue weighted by atomic mass is 9.78. The predicted molar refractivity (Wildman–Crippen MR) is 82.6 cm³/mol. The van der Waals surface area contributed by atoms with Crippen molar-refractivity contribution in [1.29, 1.82) is 0 Å². The fourth-order valence-electron chi connectivity index (χ4n) is 2.20. The average molecular weight is 263 g/mol. The number of hydrogen-bond acceptors (Lipinski definition) is 2. The molecule has 0 saturated heterocycles.